The van der Waals surface area contributed by atoms with Gasteiger partial charge in [0.25, 0.3) is 0 Å². The molecule has 12 aromatic rings. The first kappa shape index (κ1) is 75.8. The standard InChI is InChI=1S/C22H17S.C19H15Cl2OS.C13H13S.C8H10ClS.C8H10OS.C8H11S.C3H9S/c1-3-12-19(13-4-1)23(20-14-5-2-6-15-20)22-17-9-11-18-10-7-8-16-21(18)22;1-22-16-6-12-19(13-7-16)23(17-8-2-14(20)3-9-17)18-10-4-15(21)5-11-18;1-14(12-8-4-2-5-9-12)13-10-6-3-7-11-13;1-10(7-9)8-5-3-2-4-6-8;1-10(2)8-5-3-7(9)4-6-8;1-9(2)8-6-4-3-5-7-8;1-4(2)3/h1-17H;2-13H,1H3;2-11H,1H3;2-6H,7H2,1H3;3-6H,1-2H3;3-7H,1-2H3;1-3H3/q4*+1;;2*+1/p+1. The Kier molecular flexibility index (Phi) is 34.5. The van der Waals surface area contributed by atoms with Gasteiger partial charge in [0.05, 0.1) is 58.6 Å². The number of phenolic OH excluding ortho intramolecular Hbond substituents is 1. The molecule has 0 radical (unpaired) electrons. The highest BCUT2D eigenvalue weighted by Gasteiger charge is 2.31. The largest absolute Gasteiger partial charge is 0.508 e. The predicted octanol–water partition coefficient (Wildman–Crippen LogP) is 21.9. The van der Waals surface area contributed by atoms with Crippen molar-refractivity contribution < 1.29 is 9.84 Å². The minimum Gasteiger partial charge on any atom is -0.508 e. The Labute approximate surface area is 591 Å². The smallest absolute Gasteiger partial charge is 0.186 e. The van der Waals surface area contributed by atoms with E-state index in [0.29, 0.717) is 38.4 Å². The molecule has 0 saturated heterocycles. The van der Waals surface area contributed by atoms with Gasteiger partial charge in [-0.05, 0) is 198 Å². The van der Waals surface area contributed by atoms with Gasteiger partial charge in [0.15, 0.2) is 59.1 Å². The third-order valence-corrected chi connectivity index (χ3v) is 25.1. The second-order valence-electron chi connectivity index (χ2n) is 21.2. The molecule has 1 atom stereocenters. The number of fused-ring (bicyclic) bond motifs is 1. The summed E-state index contributed by atoms with van der Waals surface area (Å²) in [7, 11) is 3.16. The number of alkyl halides is 1. The van der Waals surface area contributed by atoms with E-state index in [2.05, 4.69) is 299 Å². The summed E-state index contributed by atoms with van der Waals surface area (Å²) in [6.45, 7) is 0. The molecule has 0 aliphatic carbocycles. The molecule has 0 fully saturated rings. The maximum Gasteiger partial charge on any atom is 0.186 e. The average Bonchev–Trinajstić information content (AvgIpc) is 0.884. The number of rotatable bonds is 13. The number of ether oxygens (including phenoxy) is 1. The highest BCUT2D eigenvalue weighted by atomic mass is 35.5. The van der Waals surface area contributed by atoms with Gasteiger partial charge in [0.1, 0.15) is 49.0 Å². The highest BCUT2D eigenvalue weighted by Crippen LogP contribution is 2.36. The third kappa shape index (κ3) is 26.5. The van der Waals surface area contributed by atoms with Gasteiger partial charge in [-0.25, -0.2) is 0 Å². The molecule has 478 valence electrons. The van der Waals surface area contributed by atoms with Crippen molar-refractivity contribution >= 4 is 122 Å². The quantitative estimate of drug-likeness (QED) is 0.0921. The molecule has 0 aliphatic rings. The van der Waals surface area contributed by atoms with Gasteiger partial charge in [-0.2, -0.15) is 0 Å². The molecule has 0 aromatic heterocycles. The fourth-order valence-corrected chi connectivity index (χ4v) is 17.1. The molecule has 0 heterocycles. The zero-order chi connectivity index (χ0) is 66.7. The first-order valence-corrected chi connectivity index (χ1v) is 43.5. The van der Waals surface area contributed by atoms with E-state index in [1.54, 1.807) is 19.2 Å². The second kappa shape index (κ2) is 42.3. The molecule has 2 nitrogen and oxygen atoms in total. The summed E-state index contributed by atoms with van der Waals surface area (Å²) in [6, 6.07) is 111. The van der Waals surface area contributed by atoms with Crippen LogP contribution in [-0.2, 0) is 76.3 Å². The monoisotopic (exact) mass is 1420 g/mol. The van der Waals surface area contributed by atoms with Gasteiger partial charge in [-0.15, -0.1) is 0 Å². The lowest BCUT2D eigenvalue weighted by Gasteiger charge is -2.10. The molecule has 0 bridgehead atoms. The van der Waals surface area contributed by atoms with E-state index in [4.69, 9.17) is 44.6 Å². The lowest BCUT2D eigenvalue weighted by atomic mass is 10.1. The van der Waals surface area contributed by atoms with Crippen LogP contribution >= 0.6 is 34.8 Å². The highest BCUT2D eigenvalue weighted by molar-refractivity contribution is 7.98. The maximum absolute atomic E-state index is 8.94. The molecule has 0 amide bonds. The molecule has 93 heavy (non-hydrogen) atoms. The minimum absolute atomic E-state index is 0.0892. The lowest BCUT2D eigenvalue weighted by Crippen LogP contribution is -2.05. The zero-order valence-corrected chi connectivity index (χ0v) is 62.6. The molecule has 0 saturated carbocycles. The topological polar surface area (TPSA) is 29.5 Å². The number of hydrogen-bond donors (Lipinski definition) is 1. The van der Waals surface area contributed by atoms with Crippen LogP contribution in [-0.4, -0.2) is 73.7 Å². The van der Waals surface area contributed by atoms with E-state index in [1.807, 2.05) is 66.7 Å². The summed E-state index contributed by atoms with van der Waals surface area (Å²) in [5, 5.41) is 13.8. The van der Waals surface area contributed by atoms with Crippen LogP contribution in [0.1, 0.15) is 0 Å². The summed E-state index contributed by atoms with van der Waals surface area (Å²) in [5.41, 5.74) is 0. The van der Waals surface area contributed by atoms with E-state index in [1.165, 1.54) is 64.6 Å². The first-order chi connectivity index (χ1) is 45.1. The third-order valence-electron chi connectivity index (χ3n) is 13.3. The number of benzene rings is 12. The Bertz CT molecular complexity index is 3780. The van der Waals surface area contributed by atoms with Crippen LogP contribution in [0.3, 0.4) is 0 Å². The van der Waals surface area contributed by atoms with Crippen molar-refractivity contribution in [2.45, 2.75) is 53.9 Å². The maximum atomic E-state index is 8.94. The summed E-state index contributed by atoms with van der Waals surface area (Å²) < 4.78 is 5.26. The Morgan fingerprint density at radius 1 is 0.312 bits per heavy atom. The fraction of sp³-hybridized carbons (Fsp3) is 0.136. The molecule has 1 N–H and O–H groups in total. The average molecular weight is 1420 g/mol. The molecule has 1 unspecified atom stereocenters. The van der Waals surface area contributed by atoms with Crippen molar-refractivity contribution in [3.8, 4) is 11.5 Å². The van der Waals surface area contributed by atoms with Gasteiger partial charge in [-0.3, -0.25) is 0 Å². The number of aromatic hydroxyl groups is 1. The lowest BCUT2D eigenvalue weighted by molar-refractivity contribution is 0.414. The van der Waals surface area contributed by atoms with Crippen LogP contribution in [0.15, 0.2) is 375 Å². The molecule has 12 aromatic carbocycles. The van der Waals surface area contributed by atoms with Crippen molar-refractivity contribution in [1.82, 2.24) is 0 Å². The van der Waals surface area contributed by atoms with E-state index >= 15 is 0 Å². The van der Waals surface area contributed by atoms with Crippen molar-refractivity contribution in [3.05, 3.63) is 332 Å². The Balaban J connectivity index is 0.000000182. The summed E-state index contributed by atoms with van der Waals surface area (Å²) in [6.07, 6.45) is 19.8. The van der Waals surface area contributed by atoms with Gasteiger partial charge in [0.2, 0.25) is 0 Å². The number of halogens is 3. The normalized spacial score (nSPS) is 10.8. The van der Waals surface area contributed by atoms with Crippen LogP contribution in [0.25, 0.3) is 10.8 Å². The molecular formula is C81H86Cl3O2S7+7. The minimum atomic E-state index is -0.214. The van der Waals surface area contributed by atoms with Crippen LogP contribution in [0.2, 0.25) is 10.0 Å². The van der Waals surface area contributed by atoms with Gasteiger partial charge in [0, 0.05) is 48.1 Å². The van der Waals surface area contributed by atoms with Crippen molar-refractivity contribution in [3.63, 3.8) is 0 Å². The van der Waals surface area contributed by atoms with Crippen LogP contribution < -0.4 is 4.74 Å². The Hall–Kier alpha value is -6.18. The molecule has 12 heteroatoms. The predicted molar refractivity (Wildman–Crippen MR) is 423 cm³/mol. The van der Waals surface area contributed by atoms with Crippen molar-refractivity contribution in [2.75, 3.05) is 68.6 Å². The van der Waals surface area contributed by atoms with Gasteiger partial charge >= 0.3 is 0 Å². The van der Waals surface area contributed by atoms with E-state index < -0.39 is 0 Å². The fourth-order valence-electron chi connectivity index (χ4n) is 8.65. The molecule has 12 rings (SSSR count). The summed E-state index contributed by atoms with van der Waals surface area (Å²) >= 11 is 17.8. The molecule has 0 aliphatic heterocycles. The van der Waals surface area contributed by atoms with Crippen LogP contribution in [0.5, 0.6) is 11.5 Å². The van der Waals surface area contributed by atoms with Crippen molar-refractivity contribution in [2.24, 2.45) is 0 Å². The SMILES string of the molecule is COc1ccc([S+](c2ccc(Cl)cc2)c2ccc(Cl)cc2)cc1.C[S+](C)C.C[S+](C)c1ccc(O)cc1.C[S+](C)c1ccccc1.C[S+](CCl)c1ccccc1.C[S+](c1ccccc1)c1ccccc1.c1ccc([S+](c2ccccc2)c2cccc3ccccc23)cc1. The second-order valence-corrected chi connectivity index (χ2v) is 37.3. The van der Waals surface area contributed by atoms with Crippen molar-refractivity contribution in [1.29, 1.82) is 0 Å². The van der Waals surface area contributed by atoms with E-state index in [-0.39, 0.29) is 43.6 Å². The number of methoxy groups -OCH3 is 1. The number of hydrogen-bond acceptors (Lipinski definition) is 2. The summed E-state index contributed by atoms with van der Waals surface area (Å²) in [4.78, 5) is 14.6. The Morgan fingerprint density at radius 3 is 0.978 bits per heavy atom. The van der Waals surface area contributed by atoms with Gasteiger partial charge < -0.3 is 9.84 Å². The molecular weight excluding hydrogens is 1340 g/mol. The van der Waals surface area contributed by atoms with E-state index in [0.717, 1.165) is 21.0 Å². The van der Waals surface area contributed by atoms with Crippen LogP contribution in [0.4, 0.5) is 0 Å². The summed E-state index contributed by atoms with van der Waals surface area (Å²) in [5.74, 6) is 1.19. The first-order valence-electron chi connectivity index (χ1n) is 29.8. The van der Waals surface area contributed by atoms with E-state index in [9.17, 15) is 0 Å². The zero-order valence-electron chi connectivity index (χ0n) is 54.7. The van der Waals surface area contributed by atoms with Crippen LogP contribution in [0, 0.1) is 0 Å². The number of phenols is 1. The Morgan fingerprint density at radius 2 is 0.613 bits per heavy atom. The molecule has 0 spiro atoms. The van der Waals surface area contributed by atoms with Gasteiger partial charge in [-0.1, -0.05) is 174 Å².